The molecule has 52 heavy (non-hydrogen) atoms. The first-order chi connectivity index (χ1) is 25.0. The number of fused-ring (bicyclic) bond motifs is 3. The van der Waals surface area contributed by atoms with E-state index in [0.29, 0.717) is 16.5 Å². The number of hydrogen-bond acceptors (Lipinski definition) is 8. The molecule has 0 fully saturated rings. The number of hydrogen-bond donors (Lipinski definition) is 1. The molecule has 0 unspecified atom stereocenters. The molecule has 0 bridgehead atoms. The van der Waals surface area contributed by atoms with Gasteiger partial charge in [-0.2, -0.15) is 0 Å². The molecule has 262 valence electrons. The highest BCUT2D eigenvalue weighted by atomic mass is 35.5. The molecule has 1 N–H and O–H groups in total. The number of nitrogens with zero attached hydrogens (tertiary/aromatic N) is 1. The van der Waals surface area contributed by atoms with Gasteiger partial charge < -0.3 is 19.3 Å². The molecule has 0 atom stereocenters. The first-order valence-corrected chi connectivity index (χ1v) is 17.6. The van der Waals surface area contributed by atoms with E-state index in [1.165, 1.54) is 19.2 Å². The first kappa shape index (κ1) is 35.6. The van der Waals surface area contributed by atoms with Crippen LogP contribution in [-0.4, -0.2) is 55.8 Å². The fraction of sp³-hybridized carbons (Fsp3) is 0.0750. The van der Waals surface area contributed by atoms with Crippen LogP contribution in [0, 0.1) is 0 Å². The van der Waals surface area contributed by atoms with Gasteiger partial charge in [-0.05, 0) is 64.7 Å². The number of ether oxygens (including phenoxy) is 3. The minimum atomic E-state index is -4.07. The third kappa shape index (κ3) is 7.75. The maximum absolute atomic E-state index is 13.8. The maximum atomic E-state index is 13.8. The smallest absolute Gasteiger partial charge is 0.349 e. The lowest BCUT2D eigenvalue weighted by atomic mass is 10.0. The number of benzene rings is 6. The molecule has 0 aromatic heterocycles. The third-order valence-electron chi connectivity index (χ3n) is 8.01. The fourth-order valence-electron chi connectivity index (χ4n) is 5.51. The molecular formula is C40H30ClNO9S. The zero-order valence-corrected chi connectivity index (χ0v) is 29.1. The number of sulfonamides is 1. The standard InChI is InChI=1S/C28H20ClNO6S.C12H10O3/c1-30-26(27(32)20-11-10-18-6-2-3-7-19(18)16-20)28(23-8-4-5-9-24(23)37(30,33)34)36-25(31)17-35-22-14-12-21(29)13-15-22;13-12(14)8-15-11-7-3-5-9-4-1-2-6-10(9)11/h2-16H,17H2,1H3;1-7H,8H2,(H,13,14). The SMILES string of the molecule is CN1C(C(=O)c2ccc3ccccc3c2)=C(OC(=O)COc2ccc(Cl)cc2)c2ccccc2S1(=O)=O.O=C(O)COc1cccc2ccccc12. The normalized spacial score (nSPS) is 13.1. The molecule has 1 aliphatic rings. The molecule has 1 heterocycles. The summed E-state index contributed by atoms with van der Waals surface area (Å²) in [6.07, 6.45) is 0. The van der Waals surface area contributed by atoms with Gasteiger partial charge in [0.05, 0.1) is 4.90 Å². The summed E-state index contributed by atoms with van der Waals surface area (Å²) in [7, 11) is -2.81. The minimum absolute atomic E-state index is 0.0750. The van der Waals surface area contributed by atoms with Gasteiger partial charge >= 0.3 is 11.9 Å². The molecule has 0 radical (unpaired) electrons. The first-order valence-electron chi connectivity index (χ1n) is 15.8. The van der Waals surface area contributed by atoms with Crippen molar-refractivity contribution in [3.8, 4) is 11.5 Å². The Kier molecular flexibility index (Phi) is 10.5. The highest BCUT2D eigenvalue weighted by molar-refractivity contribution is 7.89. The van der Waals surface area contributed by atoms with Crippen LogP contribution in [0.25, 0.3) is 27.3 Å². The Bertz CT molecular complexity index is 2460. The third-order valence-corrected chi connectivity index (χ3v) is 10.1. The summed E-state index contributed by atoms with van der Waals surface area (Å²) in [5.74, 6) is -1.54. The molecule has 0 aliphatic carbocycles. The Morgan fingerprint density at radius 1 is 0.712 bits per heavy atom. The Balaban J connectivity index is 0.000000258. The minimum Gasteiger partial charge on any atom is -0.482 e. The van der Waals surface area contributed by atoms with Crippen LogP contribution >= 0.6 is 11.6 Å². The van der Waals surface area contributed by atoms with E-state index in [4.69, 9.17) is 30.9 Å². The number of Topliss-reactive ketones (excluding diaryl/α,β-unsaturated/α-hetero) is 1. The molecule has 12 heteroatoms. The van der Waals surface area contributed by atoms with Gasteiger partial charge in [0, 0.05) is 28.6 Å². The van der Waals surface area contributed by atoms with E-state index in [2.05, 4.69) is 0 Å². The monoisotopic (exact) mass is 735 g/mol. The number of aliphatic carboxylic acids is 1. The van der Waals surface area contributed by atoms with Crippen LogP contribution in [0.2, 0.25) is 5.02 Å². The summed E-state index contributed by atoms with van der Waals surface area (Å²) in [5.41, 5.74) is 0.0968. The second-order valence-electron chi connectivity index (χ2n) is 11.4. The zero-order chi connectivity index (χ0) is 36.8. The Morgan fingerprint density at radius 3 is 2.12 bits per heavy atom. The highest BCUT2D eigenvalue weighted by Gasteiger charge is 2.39. The molecule has 0 saturated carbocycles. The van der Waals surface area contributed by atoms with Crippen molar-refractivity contribution in [2.75, 3.05) is 20.3 Å². The summed E-state index contributed by atoms with van der Waals surface area (Å²) >= 11 is 5.88. The number of ketones is 1. The summed E-state index contributed by atoms with van der Waals surface area (Å²) in [4.78, 5) is 36.9. The van der Waals surface area contributed by atoms with Gasteiger partial charge in [0.25, 0.3) is 10.0 Å². The van der Waals surface area contributed by atoms with Crippen LogP contribution in [0.4, 0.5) is 0 Å². The van der Waals surface area contributed by atoms with Gasteiger partial charge in [-0.1, -0.05) is 96.5 Å². The second-order valence-corrected chi connectivity index (χ2v) is 13.8. The van der Waals surface area contributed by atoms with Crippen LogP contribution in [0.5, 0.6) is 11.5 Å². The lowest BCUT2D eigenvalue weighted by Crippen LogP contribution is -2.36. The predicted octanol–water partition coefficient (Wildman–Crippen LogP) is 7.60. The Morgan fingerprint density at radius 2 is 1.37 bits per heavy atom. The van der Waals surface area contributed by atoms with Crippen LogP contribution in [0.1, 0.15) is 15.9 Å². The lowest BCUT2D eigenvalue weighted by Gasteiger charge is -2.30. The molecule has 0 saturated heterocycles. The summed E-state index contributed by atoms with van der Waals surface area (Å²) in [6.45, 7) is -0.783. The van der Waals surface area contributed by atoms with Crippen molar-refractivity contribution < 1.29 is 42.1 Å². The number of halogens is 1. The van der Waals surface area contributed by atoms with Gasteiger partial charge in [-0.15, -0.1) is 0 Å². The van der Waals surface area contributed by atoms with Crippen molar-refractivity contribution in [1.82, 2.24) is 4.31 Å². The van der Waals surface area contributed by atoms with E-state index in [1.807, 2.05) is 60.7 Å². The van der Waals surface area contributed by atoms with E-state index in [1.54, 1.807) is 60.7 Å². The van der Waals surface area contributed by atoms with E-state index < -0.39 is 34.4 Å². The molecule has 6 aromatic rings. The molecular weight excluding hydrogens is 706 g/mol. The van der Waals surface area contributed by atoms with Gasteiger partial charge in [0.1, 0.15) is 17.2 Å². The molecule has 0 amide bonds. The number of rotatable bonds is 9. The molecule has 1 aliphatic heterocycles. The number of allylic oxidation sites excluding steroid dienone is 1. The van der Waals surface area contributed by atoms with Gasteiger partial charge in [-0.3, -0.25) is 9.10 Å². The molecule has 0 spiro atoms. The Hall–Kier alpha value is -6.17. The topological polar surface area (TPSA) is 137 Å². The van der Waals surface area contributed by atoms with Crippen molar-refractivity contribution in [3.05, 3.63) is 155 Å². The summed E-state index contributed by atoms with van der Waals surface area (Å²) in [5, 5.41) is 12.7. The number of carbonyl (C=O) groups is 3. The average molecular weight is 736 g/mol. The van der Waals surface area contributed by atoms with Crippen LogP contribution < -0.4 is 9.47 Å². The molecule has 6 aromatic carbocycles. The van der Waals surface area contributed by atoms with Crippen molar-refractivity contribution in [2.45, 2.75) is 4.90 Å². The molecule has 10 nitrogen and oxygen atoms in total. The van der Waals surface area contributed by atoms with Crippen molar-refractivity contribution >= 4 is 66.7 Å². The van der Waals surface area contributed by atoms with E-state index in [9.17, 15) is 22.8 Å². The average Bonchev–Trinajstić information content (AvgIpc) is 3.16. The number of likely N-dealkylation sites (N-methyl/N-ethyl adjacent to an activating group) is 1. The van der Waals surface area contributed by atoms with Crippen molar-refractivity contribution in [1.29, 1.82) is 0 Å². The lowest BCUT2D eigenvalue weighted by molar-refractivity contribution is -0.140. The van der Waals surface area contributed by atoms with E-state index in [-0.39, 0.29) is 34.1 Å². The zero-order valence-electron chi connectivity index (χ0n) is 27.6. The quantitative estimate of drug-likeness (QED) is 0.118. The van der Waals surface area contributed by atoms with E-state index in [0.717, 1.165) is 25.9 Å². The van der Waals surface area contributed by atoms with Crippen LogP contribution in [0.15, 0.2) is 144 Å². The number of esters is 1. The van der Waals surface area contributed by atoms with Crippen LogP contribution in [-0.2, 0) is 24.3 Å². The highest BCUT2D eigenvalue weighted by Crippen LogP contribution is 2.38. The van der Waals surface area contributed by atoms with E-state index >= 15 is 0 Å². The second kappa shape index (κ2) is 15.4. The maximum Gasteiger partial charge on any atom is 0.349 e. The Labute approximate surface area is 304 Å². The number of carboxylic acids is 1. The fourth-order valence-corrected chi connectivity index (χ4v) is 7.03. The summed E-state index contributed by atoms with van der Waals surface area (Å²) in [6, 6.07) is 38.3. The van der Waals surface area contributed by atoms with Crippen molar-refractivity contribution in [3.63, 3.8) is 0 Å². The molecule has 7 rings (SSSR count). The number of carboxylic acid groups (broad SMARTS) is 1. The predicted molar refractivity (Wildman–Crippen MR) is 197 cm³/mol. The van der Waals surface area contributed by atoms with Gasteiger partial charge in [-0.25, -0.2) is 18.0 Å². The van der Waals surface area contributed by atoms with Crippen LogP contribution in [0.3, 0.4) is 0 Å². The number of carbonyl (C=O) groups excluding carboxylic acids is 2. The largest absolute Gasteiger partial charge is 0.482 e. The van der Waals surface area contributed by atoms with Gasteiger partial charge in [0.15, 0.2) is 19.0 Å². The van der Waals surface area contributed by atoms with Crippen molar-refractivity contribution in [2.24, 2.45) is 0 Å². The summed E-state index contributed by atoms with van der Waals surface area (Å²) < 4.78 is 43.7. The van der Waals surface area contributed by atoms with Gasteiger partial charge in [0.2, 0.25) is 5.78 Å².